The zero-order chi connectivity index (χ0) is 21.0. The van der Waals surface area contributed by atoms with Gasteiger partial charge in [0.25, 0.3) is 5.91 Å². The van der Waals surface area contributed by atoms with Gasteiger partial charge in [0.2, 0.25) is 0 Å². The number of piperidine rings is 1. The van der Waals surface area contributed by atoms with E-state index in [0.717, 1.165) is 35.7 Å². The summed E-state index contributed by atoms with van der Waals surface area (Å²) >= 11 is 3.45. The third-order valence-electron chi connectivity index (χ3n) is 5.40. The molecule has 160 valence electrons. The number of anilines is 1. The summed E-state index contributed by atoms with van der Waals surface area (Å²) in [6.45, 7) is 6.96. The van der Waals surface area contributed by atoms with Gasteiger partial charge in [-0.1, -0.05) is 13.8 Å². The molecule has 2 amide bonds. The number of fused-ring (bicyclic) bond motifs is 1. The van der Waals surface area contributed by atoms with Crippen LogP contribution in [0, 0.1) is 11.8 Å². The minimum Gasteiger partial charge on any atom is -0.492 e. The van der Waals surface area contributed by atoms with Crippen molar-refractivity contribution in [2.45, 2.75) is 39.5 Å². The van der Waals surface area contributed by atoms with Gasteiger partial charge in [0.15, 0.2) is 0 Å². The average Bonchev–Trinajstić information content (AvgIpc) is 2.73. The Morgan fingerprint density at radius 2 is 2.10 bits per heavy atom. The molecule has 2 heterocycles. The van der Waals surface area contributed by atoms with Crippen molar-refractivity contribution in [3.63, 3.8) is 0 Å². The summed E-state index contributed by atoms with van der Waals surface area (Å²) in [6, 6.07) is 1.74. The first-order chi connectivity index (χ1) is 13.9. The van der Waals surface area contributed by atoms with Crippen LogP contribution in [0.4, 0.5) is 10.5 Å². The molecule has 0 atom stereocenters. The van der Waals surface area contributed by atoms with E-state index in [1.807, 2.05) is 13.8 Å². The van der Waals surface area contributed by atoms with Crippen molar-refractivity contribution in [2.24, 2.45) is 11.8 Å². The number of hydrogen-bond acceptors (Lipinski definition) is 5. The Kier molecular flexibility index (Phi) is 7.27. The lowest BCUT2D eigenvalue weighted by molar-refractivity contribution is 0.0772. The molecular formula is C21H30BrN3O4. The van der Waals surface area contributed by atoms with Crippen LogP contribution in [0.3, 0.4) is 0 Å². The van der Waals surface area contributed by atoms with Gasteiger partial charge < -0.3 is 25.4 Å². The van der Waals surface area contributed by atoms with Crippen LogP contribution in [0.15, 0.2) is 10.5 Å². The van der Waals surface area contributed by atoms with E-state index < -0.39 is 0 Å². The summed E-state index contributed by atoms with van der Waals surface area (Å²) in [7, 11) is 0. The fourth-order valence-electron chi connectivity index (χ4n) is 3.69. The van der Waals surface area contributed by atoms with E-state index in [2.05, 4.69) is 21.2 Å². The summed E-state index contributed by atoms with van der Waals surface area (Å²) in [5, 5.41) is 3.03. The summed E-state index contributed by atoms with van der Waals surface area (Å²) in [4.78, 5) is 26.6. The molecule has 29 heavy (non-hydrogen) atoms. The molecule has 0 spiro atoms. The fourth-order valence-corrected chi connectivity index (χ4v) is 4.15. The normalized spacial score (nSPS) is 16.9. The minimum absolute atomic E-state index is 0.150. The van der Waals surface area contributed by atoms with Gasteiger partial charge in [-0.25, -0.2) is 4.79 Å². The predicted molar refractivity (Wildman–Crippen MR) is 115 cm³/mol. The molecule has 1 aromatic rings. The predicted octanol–water partition coefficient (Wildman–Crippen LogP) is 3.59. The van der Waals surface area contributed by atoms with Crippen molar-refractivity contribution in [1.82, 2.24) is 10.2 Å². The molecule has 2 aliphatic rings. The van der Waals surface area contributed by atoms with Gasteiger partial charge in [-0.2, -0.15) is 0 Å². The molecule has 0 saturated carbocycles. The second-order valence-electron chi connectivity index (χ2n) is 8.19. The SMILES string of the molecule is CC(C)COC(=O)N1CCC(CNC(=O)c2cc(Br)c(N)c3c2OCCC3)CC1. The van der Waals surface area contributed by atoms with Crippen molar-refractivity contribution in [1.29, 1.82) is 0 Å². The number of nitrogens with two attached hydrogens (primary N) is 1. The van der Waals surface area contributed by atoms with Crippen LogP contribution in [0.1, 0.15) is 49.0 Å². The van der Waals surface area contributed by atoms with E-state index in [-0.39, 0.29) is 12.0 Å². The summed E-state index contributed by atoms with van der Waals surface area (Å²) in [5.74, 6) is 1.12. The molecule has 0 bridgehead atoms. The summed E-state index contributed by atoms with van der Waals surface area (Å²) < 4.78 is 11.8. The molecule has 3 N–H and O–H groups in total. The molecule has 8 heteroatoms. The molecule has 0 radical (unpaired) electrons. The van der Waals surface area contributed by atoms with Gasteiger partial charge in [-0.3, -0.25) is 4.79 Å². The molecule has 1 aromatic carbocycles. The molecule has 3 rings (SSSR count). The quantitative estimate of drug-likeness (QED) is 0.645. The number of ether oxygens (including phenoxy) is 2. The molecule has 2 aliphatic heterocycles. The zero-order valence-electron chi connectivity index (χ0n) is 17.1. The lowest BCUT2D eigenvalue weighted by Crippen LogP contribution is -2.42. The lowest BCUT2D eigenvalue weighted by Gasteiger charge is -2.31. The molecule has 7 nitrogen and oxygen atoms in total. The number of carbonyl (C=O) groups excluding carboxylic acids is 2. The van der Waals surface area contributed by atoms with Crippen LogP contribution in [0.5, 0.6) is 5.75 Å². The van der Waals surface area contributed by atoms with Gasteiger partial charge in [-0.05, 0) is 59.5 Å². The standard InChI is InChI=1S/C21H30BrN3O4/c1-13(2)12-29-21(27)25-7-5-14(6-8-25)11-24-20(26)16-10-17(22)18(23)15-4-3-9-28-19(15)16/h10,13-14H,3-9,11-12,23H2,1-2H3,(H,24,26). The van der Waals surface area contributed by atoms with Gasteiger partial charge >= 0.3 is 6.09 Å². The zero-order valence-corrected chi connectivity index (χ0v) is 18.7. The van der Waals surface area contributed by atoms with Crippen molar-refractivity contribution in [3.05, 3.63) is 21.7 Å². The van der Waals surface area contributed by atoms with E-state index in [4.69, 9.17) is 15.2 Å². The van der Waals surface area contributed by atoms with Crippen LogP contribution in [-0.4, -0.2) is 49.7 Å². The van der Waals surface area contributed by atoms with Gasteiger partial charge in [0.1, 0.15) is 5.75 Å². The van der Waals surface area contributed by atoms with Gasteiger partial charge in [0.05, 0.1) is 24.5 Å². The van der Waals surface area contributed by atoms with Crippen LogP contribution < -0.4 is 15.8 Å². The Balaban J connectivity index is 1.52. The highest BCUT2D eigenvalue weighted by molar-refractivity contribution is 9.10. The Labute approximate surface area is 180 Å². The molecule has 0 aliphatic carbocycles. The fraction of sp³-hybridized carbons (Fsp3) is 0.619. The van der Waals surface area contributed by atoms with Crippen molar-refractivity contribution in [3.8, 4) is 5.75 Å². The highest BCUT2D eigenvalue weighted by atomic mass is 79.9. The van der Waals surface area contributed by atoms with Crippen LogP contribution in [0.25, 0.3) is 0 Å². The number of carbonyl (C=O) groups is 2. The van der Waals surface area contributed by atoms with E-state index in [9.17, 15) is 9.59 Å². The van der Waals surface area contributed by atoms with E-state index >= 15 is 0 Å². The van der Waals surface area contributed by atoms with E-state index in [0.29, 0.717) is 61.7 Å². The Hall–Kier alpha value is -1.96. The summed E-state index contributed by atoms with van der Waals surface area (Å²) in [6.07, 6.45) is 3.16. The maximum atomic E-state index is 12.8. The van der Waals surface area contributed by atoms with Crippen LogP contribution in [-0.2, 0) is 11.2 Å². The number of nitrogens with one attached hydrogen (secondary N) is 1. The van der Waals surface area contributed by atoms with Crippen molar-refractivity contribution < 1.29 is 19.1 Å². The molecule has 1 fully saturated rings. The molecule has 0 aromatic heterocycles. The second kappa shape index (κ2) is 9.69. The first-order valence-electron chi connectivity index (χ1n) is 10.3. The maximum Gasteiger partial charge on any atom is 0.409 e. The summed E-state index contributed by atoms with van der Waals surface area (Å²) in [5.41, 5.74) is 8.21. The maximum absolute atomic E-state index is 12.8. The highest BCUT2D eigenvalue weighted by Gasteiger charge is 2.26. The number of nitrogens with zero attached hydrogens (tertiary/aromatic N) is 1. The Bertz CT molecular complexity index is 761. The molecule has 0 unspecified atom stereocenters. The van der Waals surface area contributed by atoms with Crippen LogP contribution in [0.2, 0.25) is 0 Å². The second-order valence-corrected chi connectivity index (χ2v) is 9.04. The monoisotopic (exact) mass is 467 g/mol. The van der Waals surface area contributed by atoms with E-state index in [1.165, 1.54) is 0 Å². The van der Waals surface area contributed by atoms with Crippen molar-refractivity contribution >= 4 is 33.6 Å². The number of likely N-dealkylation sites (tertiary alicyclic amines) is 1. The van der Waals surface area contributed by atoms with Gasteiger partial charge in [-0.15, -0.1) is 0 Å². The Morgan fingerprint density at radius 1 is 1.38 bits per heavy atom. The Morgan fingerprint density at radius 3 is 2.79 bits per heavy atom. The number of halogens is 1. The number of nitrogen functional groups attached to an aromatic ring is 1. The minimum atomic E-state index is -0.239. The number of benzene rings is 1. The number of rotatable bonds is 5. The molecule has 1 saturated heterocycles. The third-order valence-corrected chi connectivity index (χ3v) is 6.05. The lowest BCUT2D eigenvalue weighted by atomic mass is 9.96. The first-order valence-corrected chi connectivity index (χ1v) is 11.1. The smallest absolute Gasteiger partial charge is 0.409 e. The van der Waals surface area contributed by atoms with E-state index in [1.54, 1.807) is 11.0 Å². The van der Waals surface area contributed by atoms with Crippen LogP contribution >= 0.6 is 15.9 Å². The van der Waals surface area contributed by atoms with Gasteiger partial charge in [0, 0.05) is 29.7 Å². The molecular weight excluding hydrogens is 438 g/mol. The number of amides is 2. The number of hydrogen-bond donors (Lipinski definition) is 2. The first kappa shape index (κ1) is 21.7. The average molecular weight is 468 g/mol. The highest BCUT2D eigenvalue weighted by Crippen LogP contribution is 2.38. The largest absolute Gasteiger partial charge is 0.492 e. The third kappa shape index (κ3) is 5.35. The topological polar surface area (TPSA) is 93.9 Å². The van der Waals surface area contributed by atoms with Crippen molar-refractivity contribution in [2.75, 3.05) is 38.6 Å².